The van der Waals surface area contributed by atoms with Crippen LogP contribution < -0.4 is 5.32 Å². The second-order valence-electron chi connectivity index (χ2n) is 4.40. The lowest BCUT2D eigenvalue weighted by atomic mass is 10.0. The van der Waals surface area contributed by atoms with Crippen LogP contribution >= 0.6 is 0 Å². The minimum absolute atomic E-state index is 0.292. The summed E-state index contributed by atoms with van der Waals surface area (Å²) in [5, 5.41) is 3.14. The SMILES string of the molecule is CNc1nc(C)cn1C(C)c1ccccc1C. The van der Waals surface area contributed by atoms with Crippen molar-refractivity contribution in [3.8, 4) is 0 Å². The van der Waals surface area contributed by atoms with Crippen molar-refractivity contribution in [3.05, 3.63) is 47.3 Å². The molecule has 2 aromatic rings. The summed E-state index contributed by atoms with van der Waals surface area (Å²) in [5.74, 6) is 0.915. The van der Waals surface area contributed by atoms with Crippen LogP contribution in [0.3, 0.4) is 0 Å². The molecule has 0 bridgehead atoms. The average molecular weight is 229 g/mol. The van der Waals surface area contributed by atoms with Crippen LogP contribution in [-0.2, 0) is 0 Å². The van der Waals surface area contributed by atoms with Gasteiger partial charge in [-0.05, 0) is 31.9 Å². The van der Waals surface area contributed by atoms with E-state index in [1.54, 1.807) is 0 Å². The number of rotatable bonds is 3. The molecule has 0 fully saturated rings. The first kappa shape index (κ1) is 11.7. The monoisotopic (exact) mass is 229 g/mol. The smallest absolute Gasteiger partial charge is 0.203 e. The number of imidazole rings is 1. The Labute approximate surface area is 103 Å². The van der Waals surface area contributed by atoms with Crippen LogP contribution in [0.5, 0.6) is 0 Å². The second kappa shape index (κ2) is 4.62. The third-order valence-electron chi connectivity index (χ3n) is 3.13. The summed E-state index contributed by atoms with van der Waals surface area (Å²) in [7, 11) is 1.91. The fraction of sp³-hybridized carbons (Fsp3) is 0.357. The molecule has 0 aliphatic carbocycles. The van der Waals surface area contributed by atoms with Crippen molar-refractivity contribution < 1.29 is 0 Å². The predicted molar refractivity (Wildman–Crippen MR) is 71.5 cm³/mol. The van der Waals surface area contributed by atoms with E-state index in [9.17, 15) is 0 Å². The van der Waals surface area contributed by atoms with E-state index >= 15 is 0 Å². The predicted octanol–water partition coefficient (Wildman–Crippen LogP) is 3.15. The zero-order valence-corrected chi connectivity index (χ0v) is 10.9. The highest BCUT2D eigenvalue weighted by Gasteiger charge is 2.14. The van der Waals surface area contributed by atoms with Gasteiger partial charge in [-0.25, -0.2) is 4.98 Å². The summed E-state index contributed by atoms with van der Waals surface area (Å²) in [4.78, 5) is 4.46. The van der Waals surface area contributed by atoms with Crippen LogP contribution in [0, 0.1) is 13.8 Å². The fourth-order valence-electron chi connectivity index (χ4n) is 2.20. The molecule has 3 heteroatoms. The molecule has 3 nitrogen and oxygen atoms in total. The van der Waals surface area contributed by atoms with Gasteiger partial charge in [0, 0.05) is 13.2 Å². The molecule has 1 aromatic heterocycles. The number of anilines is 1. The maximum atomic E-state index is 4.46. The molecule has 0 spiro atoms. The van der Waals surface area contributed by atoms with E-state index in [2.05, 4.69) is 59.2 Å². The van der Waals surface area contributed by atoms with E-state index in [4.69, 9.17) is 0 Å². The first-order valence-corrected chi connectivity index (χ1v) is 5.92. The number of benzene rings is 1. The zero-order chi connectivity index (χ0) is 12.4. The fourth-order valence-corrected chi connectivity index (χ4v) is 2.20. The van der Waals surface area contributed by atoms with Crippen molar-refractivity contribution in [2.45, 2.75) is 26.8 Å². The molecule has 0 saturated carbocycles. The number of hydrogen-bond donors (Lipinski definition) is 1. The molecular formula is C14H19N3. The van der Waals surface area contributed by atoms with Crippen molar-refractivity contribution in [1.82, 2.24) is 9.55 Å². The molecule has 1 N–H and O–H groups in total. The van der Waals surface area contributed by atoms with E-state index in [1.807, 2.05) is 14.0 Å². The molecule has 0 aliphatic rings. The minimum Gasteiger partial charge on any atom is -0.359 e. The molecule has 0 amide bonds. The van der Waals surface area contributed by atoms with Crippen LogP contribution in [0.2, 0.25) is 0 Å². The Morgan fingerprint density at radius 3 is 2.59 bits per heavy atom. The Morgan fingerprint density at radius 1 is 1.24 bits per heavy atom. The molecule has 2 rings (SSSR count). The molecule has 1 aromatic carbocycles. The molecule has 90 valence electrons. The number of nitrogens with one attached hydrogen (secondary N) is 1. The van der Waals surface area contributed by atoms with Crippen LogP contribution in [0.4, 0.5) is 5.95 Å². The zero-order valence-electron chi connectivity index (χ0n) is 10.9. The van der Waals surface area contributed by atoms with E-state index in [-0.39, 0.29) is 0 Å². The quantitative estimate of drug-likeness (QED) is 0.876. The molecule has 1 unspecified atom stereocenters. The van der Waals surface area contributed by atoms with Crippen molar-refractivity contribution in [1.29, 1.82) is 0 Å². The summed E-state index contributed by atoms with van der Waals surface area (Å²) in [6.45, 7) is 6.36. The van der Waals surface area contributed by atoms with Crippen LogP contribution in [0.25, 0.3) is 0 Å². The second-order valence-corrected chi connectivity index (χ2v) is 4.40. The summed E-state index contributed by atoms with van der Waals surface area (Å²) >= 11 is 0. The lowest BCUT2D eigenvalue weighted by molar-refractivity contribution is 0.641. The molecule has 0 radical (unpaired) electrons. The van der Waals surface area contributed by atoms with Gasteiger partial charge in [-0.15, -0.1) is 0 Å². The van der Waals surface area contributed by atoms with E-state index in [0.29, 0.717) is 6.04 Å². The van der Waals surface area contributed by atoms with Gasteiger partial charge < -0.3 is 9.88 Å². The lowest BCUT2D eigenvalue weighted by Gasteiger charge is -2.18. The average Bonchev–Trinajstić information content (AvgIpc) is 2.70. The first-order valence-electron chi connectivity index (χ1n) is 5.92. The van der Waals surface area contributed by atoms with Gasteiger partial charge in [0.2, 0.25) is 5.95 Å². The van der Waals surface area contributed by atoms with Crippen molar-refractivity contribution in [3.63, 3.8) is 0 Å². The number of nitrogens with zero attached hydrogens (tertiary/aromatic N) is 2. The molecular weight excluding hydrogens is 210 g/mol. The third-order valence-corrected chi connectivity index (χ3v) is 3.13. The summed E-state index contributed by atoms with van der Waals surface area (Å²) < 4.78 is 2.18. The Balaban J connectivity index is 2.43. The summed E-state index contributed by atoms with van der Waals surface area (Å²) in [6, 6.07) is 8.77. The molecule has 0 aliphatic heterocycles. The highest BCUT2D eigenvalue weighted by molar-refractivity contribution is 5.34. The van der Waals surface area contributed by atoms with Gasteiger partial charge in [-0.3, -0.25) is 0 Å². The maximum absolute atomic E-state index is 4.46. The third kappa shape index (κ3) is 2.18. The molecule has 1 atom stereocenters. The topological polar surface area (TPSA) is 29.9 Å². The van der Waals surface area contributed by atoms with Crippen molar-refractivity contribution >= 4 is 5.95 Å². The van der Waals surface area contributed by atoms with Gasteiger partial charge in [0.15, 0.2) is 0 Å². The van der Waals surface area contributed by atoms with Gasteiger partial charge in [-0.2, -0.15) is 0 Å². The van der Waals surface area contributed by atoms with Gasteiger partial charge >= 0.3 is 0 Å². The van der Waals surface area contributed by atoms with E-state index in [1.165, 1.54) is 11.1 Å². The van der Waals surface area contributed by atoms with Crippen molar-refractivity contribution in [2.24, 2.45) is 0 Å². The highest BCUT2D eigenvalue weighted by atomic mass is 15.2. The maximum Gasteiger partial charge on any atom is 0.203 e. The largest absolute Gasteiger partial charge is 0.359 e. The van der Waals surface area contributed by atoms with Gasteiger partial charge in [0.25, 0.3) is 0 Å². The summed E-state index contributed by atoms with van der Waals surface area (Å²) in [6.07, 6.45) is 2.09. The first-order chi connectivity index (χ1) is 8.13. The molecule has 1 heterocycles. The normalized spacial score (nSPS) is 12.5. The highest BCUT2D eigenvalue weighted by Crippen LogP contribution is 2.24. The van der Waals surface area contributed by atoms with E-state index in [0.717, 1.165) is 11.6 Å². The molecule has 0 saturated heterocycles. The molecule has 17 heavy (non-hydrogen) atoms. The lowest BCUT2D eigenvalue weighted by Crippen LogP contribution is -2.10. The van der Waals surface area contributed by atoms with E-state index < -0.39 is 0 Å². The Kier molecular flexibility index (Phi) is 3.18. The van der Waals surface area contributed by atoms with Crippen LogP contribution in [0.15, 0.2) is 30.5 Å². The summed E-state index contributed by atoms with van der Waals surface area (Å²) in [5.41, 5.74) is 3.68. The Morgan fingerprint density at radius 2 is 1.94 bits per heavy atom. The van der Waals surface area contributed by atoms with Gasteiger partial charge in [0.05, 0.1) is 11.7 Å². The number of hydrogen-bond acceptors (Lipinski definition) is 2. The minimum atomic E-state index is 0.292. The Hall–Kier alpha value is -1.77. The van der Waals surface area contributed by atoms with Gasteiger partial charge in [-0.1, -0.05) is 24.3 Å². The standard InChI is InChI=1S/C14H19N3/c1-10-7-5-6-8-13(10)12(3)17-9-11(2)16-14(17)15-4/h5-9,12H,1-4H3,(H,15,16). The van der Waals surface area contributed by atoms with Crippen LogP contribution in [0.1, 0.15) is 29.8 Å². The number of aryl methyl sites for hydroxylation is 2. The Bertz CT molecular complexity index is 514. The van der Waals surface area contributed by atoms with Gasteiger partial charge in [0.1, 0.15) is 0 Å². The number of aromatic nitrogens is 2. The van der Waals surface area contributed by atoms with Crippen molar-refractivity contribution in [2.75, 3.05) is 12.4 Å². The van der Waals surface area contributed by atoms with Crippen LogP contribution in [-0.4, -0.2) is 16.6 Å².